The van der Waals surface area contributed by atoms with E-state index < -0.39 is 17.4 Å². The minimum atomic E-state index is -0.944. The first-order chi connectivity index (χ1) is 9.92. The fourth-order valence-electron chi connectivity index (χ4n) is 2.93. The van der Waals surface area contributed by atoms with Crippen molar-refractivity contribution >= 4 is 12.0 Å². The maximum atomic E-state index is 12.3. The van der Waals surface area contributed by atoms with Gasteiger partial charge in [0.15, 0.2) is 0 Å². The van der Waals surface area contributed by atoms with Gasteiger partial charge in [0.2, 0.25) is 0 Å². The second kappa shape index (κ2) is 6.20. The molecule has 2 amide bonds. The minimum absolute atomic E-state index is 0.318. The minimum Gasteiger partial charge on any atom is -0.480 e. The fourth-order valence-corrected chi connectivity index (χ4v) is 2.93. The number of nitrogens with zero attached hydrogens (tertiary/aromatic N) is 1. The van der Waals surface area contributed by atoms with Gasteiger partial charge < -0.3 is 19.7 Å². The Balaban J connectivity index is 1.94. The van der Waals surface area contributed by atoms with Gasteiger partial charge >= 0.3 is 12.0 Å². The summed E-state index contributed by atoms with van der Waals surface area (Å²) >= 11 is 0. The lowest BCUT2D eigenvalue weighted by molar-refractivity contribution is -0.148. The van der Waals surface area contributed by atoms with E-state index in [9.17, 15) is 14.7 Å². The van der Waals surface area contributed by atoms with Gasteiger partial charge in [-0.3, -0.25) is 0 Å². The maximum absolute atomic E-state index is 12.3. The number of aliphatic carboxylic acids is 1. The third-order valence-electron chi connectivity index (χ3n) is 3.99. The summed E-state index contributed by atoms with van der Waals surface area (Å²) < 4.78 is 5.19. The SMILES string of the molecule is CC1(C)CCCN(C(=O)NCCc2ccco2)C1C(=O)O. The van der Waals surface area contributed by atoms with Crippen LogP contribution in [-0.4, -0.2) is 41.1 Å². The van der Waals surface area contributed by atoms with Crippen molar-refractivity contribution in [3.8, 4) is 0 Å². The monoisotopic (exact) mass is 294 g/mol. The van der Waals surface area contributed by atoms with Crippen LogP contribution in [0.5, 0.6) is 0 Å². The number of hydrogen-bond donors (Lipinski definition) is 2. The number of amides is 2. The zero-order valence-electron chi connectivity index (χ0n) is 12.5. The summed E-state index contributed by atoms with van der Waals surface area (Å²) in [5.41, 5.74) is -0.414. The molecule has 2 heterocycles. The van der Waals surface area contributed by atoms with Gasteiger partial charge in [-0.1, -0.05) is 13.8 Å². The highest BCUT2D eigenvalue weighted by Crippen LogP contribution is 2.35. The first-order valence-corrected chi connectivity index (χ1v) is 7.21. The quantitative estimate of drug-likeness (QED) is 0.891. The first kappa shape index (κ1) is 15.4. The number of hydrogen-bond acceptors (Lipinski definition) is 3. The van der Waals surface area contributed by atoms with E-state index in [4.69, 9.17) is 4.42 Å². The Bertz CT molecular complexity index is 496. The van der Waals surface area contributed by atoms with Crippen molar-refractivity contribution < 1.29 is 19.1 Å². The largest absolute Gasteiger partial charge is 0.480 e. The van der Waals surface area contributed by atoms with Gasteiger partial charge in [-0.05, 0) is 30.4 Å². The van der Waals surface area contributed by atoms with Gasteiger partial charge in [-0.15, -0.1) is 0 Å². The van der Waals surface area contributed by atoms with Gasteiger partial charge in [0.1, 0.15) is 11.8 Å². The van der Waals surface area contributed by atoms with Crippen molar-refractivity contribution in [2.24, 2.45) is 5.41 Å². The van der Waals surface area contributed by atoms with Crippen LogP contribution in [0.25, 0.3) is 0 Å². The molecule has 0 bridgehead atoms. The molecule has 21 heavy (non-hydrogen) atoms. The number of carboxylic acid groups (broad SMARTS) is 1. The molecule has 2 N–H and O–H groups in total. The Labute approximate surface area is 124 Å². The number of piperidine rings is 1. The van der Waals surface area contributed by atoms with E-state index >= 15 is 0 Å². The Morgan fingerprint density at radius 2 is 2.29 bits per heavy atom. The lowest BCUT2D eigenvalue weighted by Crippen LogP contribution is -2.58. The van der Waals surface area contributed by atoms with E-state index in [1.807, 2.05) is 19.9 Å². The normalized spacial score (nSPS) is 21.0. The molecule has 0 aliphatic carbocycles. The number of carboxylic acids is 1. The summed E-state index contributed by atoms with van der Waals surface area (Å²) in [5.74, 6) is -0.148. The highest BCUT2D eigenvalue weighted by molar-refractivity contribution is 5.83. The van der Waals surface area contributed by atoms with Crippen LogP contribution in [0.3, 0.4) is 0 Å². The highest BCUT2D eigenvalue weighted by Gasteiger charge is 2.44. The van der Waals surface area contributed by atoms with Crippen LogP contribution < -0.4 is 5.32 Å². The maximum Gasteiger partial charge on any atom is 0.327 e. The molecule has 6 heteroatoms. The third kappa shape index (κ3) is 3.56. The first-order valence-electron chi connectivity index (χ1n) is 7.21. The van der Waals surface area contributed by atoms with Crippen molar-refractivity contribution in [1.82, 2.24) is 10.2 Å². The van der Waals surface area contributed by atoms with Crippen LogP contribution in [0.4, 0.5) is 4.79 Å². The van der Waals surface area contributed by atoms with Gasteiger partial charge in [0.25, 0.3) is 0 Å². The van der Waals surface area contributed by atoms with E-state index in [1.165, 1.54) is 4.90 Å². The van der Waals surface area contributed by atoms with E-state index in [1.54, 1.807) is 12.3 Å². The van der Waals surface area contributed by atoms with Crippen LogP contribution in [0.2, 0.25) is 0 Å². The highest BCUT2D eigenvalue weighted by atomic mass is 16.4. The number of nitrogens with one attached hydrogen (secondary N) is 1. The van der Waals surface area contributed by atoms with E-state index in [-0.39, 0.29) is 6.03 Å². The van der Waals surface area contributed by atoms with Crippen molar-refractivity contribution in [2.45, 2.75) is 39.2 Å². The van der Waals surface area contributed by atoms with E-state index in [2.05, 4.69) is 5.32 Å². The second-order valence-electron chi connectivity index (χ2n) is 6.09. The summed E-state index contributed by atoms with van der Waals surface area (Å²) in [7, 11) is 0. The molecule has 1 aromatic rings. The van der Waals surface area contributed by atoms with E-state index in [0.717, 1.165) is 18.6 Å². The van der Waals surface area contributed by atoms with Gasteiger partial charge in [-0.25, -0.2) is 9.59 Å². The number of carbonyl (C=O) groups is 2. The second-order valence-corrected chi connectivity index (χ2v) is 6.09. The predicted octanol–water partition coefficient (Wildman–Crippen LogP) is 2.11. The number of urea groups is 1. The molecule has 0 radical (unpaired) electrons. The molecule has 6 nitrogen and oxygen atoms in total. The molecule has 1 unspecified atom stereocenters. The summed E-state index contributed by atoms with van der Waals surface area (Å²) in [4.78, 5) is 25.2. The van der Waals surface area contributed by atoms with Gasteiger partial charge in [0, 0.05) is 19.5 Å². The fraction of sp³-hybridized carbons (Fsp3) is 0.600. The molecule has 1 aliphatic rings. The Hall–Kier alpha value is -1.98. The standard InChI is InChI=1S/C15H22N2O4/c1-15(2)7-4-9-17(12(15)13(18)19)14(20)16-8-6-11-5-3-10-21-11/h3,5,10,12H,4,6-9H2,1-2H3,(H,16,20)(H,18,19). The molecule has 0 spiro atoms. The van der Waals surface area contributed by atoms with Crippen molar-refractivity contribution in [3.63, 3.8) is 0 Å². The molecule has 2 rings (SSSR count). The van der Waals surface area contributed by atoms with Crippen molar-refractivity contribution in [2.75, 3.05) is 13.1 Å². The lowest BCUT2D eigenvalue weighted by atomic mass is 9.76. The third-order valence-corrected chi connectivity index (χ3v) is 3.99. The van der Waals surface area contributed by atoms with Gasteiger partial charge in [-0.2, -0.15) is 0 Å². The molecular formula is C15H22N2O4. The smallest absolute Gasteiger partial charge is 0.327 e. The molecule has 1 aromatic heterocycles. The lowest BCUT2D eigenvalue weighted by Gasteiger charge is -2.43. The summed E-state index contributed by atoms with van der Waals surface area (Å²) in [6.45, 7) is 4.70. The van der Waals surface area contributed by atoms with Gasteiger partial charge in [0.05, 0.1) is 6.26 Å². The van der Waals surface area contributed by atoms with Crippen LogP contribution in [-0.2, 0) is 11.2 Å². The Morgan fingerprint density at radius 1 is 1.52 bits per heavy atom. The molecular weight excluding hydrogens is 272 g/mol. The Kier molecular flexibility index (Phi) is 4.55. The molecule has 0 saturated carbocycles. The number of furan rings is 1. The van der Waals surface area contributed by atoms with E-state index in [0.29, 0.717) is 19.5 Å². The average molecular weight is 294 g/mol. The summed E-state index contributed by atoms with van der Waals surface area (Å²) in [6.07, 6.45) is 3.81. The van der Waals surface area contributed by atoms with Crippen molar-refractivity contribution in [1.29, 1.82) is 0 Å². The summed E-state index contributed by atoms with van der Waals surface area (Å²) in [6, 6.07) is 2.54. The molecule has 1 aliphatic heterocycles. The zero-order valence-corrected chi connectivity index (χ0v) is 12.5. The molecule has 1 fully saturated rings. The number of carbonyl (C=O) groups excluding carboxylic acids is 1. The van der Waals surface area contributed by atoms with Crippen LogP contribution in [0, 0.1) is 5.41 Å². The number of likely N-dealkylation sites (tertiary alicyclic amines) is 1. The molecule has 0 aromatic carbocycles. The summed E-state index contributed by atoms with van der Waals surface area (Å²) in [5, 5.41) is 12.2. The Morgan fingerprint density at radius 3 is 2.90 bits per heavy atom. The van der Waals surface area contributed by atoms with Crippen molar-refractivity contribution in [3.05, 3.63) is 24.2 Å². The van der Waals surface area contributed by atoms with Crippen LogP contribution >= 0.6 is 0 Å². The topological polar surface area (TPSA) is 82.8 Å². The molecule has 1 saturated heterocycles. The average Bonchev–Trinajstić information content (AvgIpc) is 2.89. The van der Waals surface area contributed by atoms with Crippen LogP contribution in [0.15, 0.2) is 22.8 Å². The molecule has 1 atom stereocenters. The zero-order chi connectivity index (χ0) is 15.5. The van der Waals surface area contributed by atoms with Crippen LogP contribution in [0.1, 0.15) is 32.4 Å². The predicted molar refractivity (Wildman–Crippen MR) is 77.0 cm³/mol. The number of rotatable bonds is 4. The molecule has 116 valence electrons.